The average Bonchev–Trinajstić information content (AvgIpc) is 2.73. The van der Waals surface area contributed by atoms with Gasteiger partial charge in [-0.15, -0.1) is 0 Å². The first-order valence-electron chi connectivity index (χ1n) is 9.25. The number of aromatic nitrogens is 1. The Labute approximate surface area is 167 Å². The van der Waals surface area contributed by atoms with E-state index in [2.05, 4.69) is 4.98 Å². The Morgan fingerprint density at radius 3 is 2.79 bits per heavy atom. The van der Waals surface area contributed by atoms with Crippen LogP contribution in [0.2, 0.25) is 0 Å². The second-order valence-corrected chi connectivity index (χ2v) is 6.84. The van der Waals surface area contributed by atoms with Gasteiger partial charge in [0.1, 0.15) is 12.2 Å². The predicted octanol–water partition coefficient (Wildman–Crippen LogP) is 4.71. The molecule has 5 heteroatoms. The van der Waals surface area contributed by atoms with Crippen LogP contribution in [0.5, 0.6) is 0 Å². The van der Waals surface area contributed by atoms with Crippen LogP contribution in [0.3, 0.4) is 0 Å². The van der Waals surface area contributed by atoms with Crippen LogP contribution in [-0.4, -0.2) is 11.0 Å². The molecule has 4 rings (SSSR count). The van der Waals surface area contributed by atoms with E-state index in [0.717, 1.165) is 27.4 Å². The minimum absolute atomic E-state index is 0.0150. The van der Waals surface area contributed by atoms with Crippen LogP contribution < -0.4 is 5.63 Å². The number of ether oxygens (including phenoxy) is 1. The third kappa shape index (κ3) is 3.94. The first-order valence-corrected chi connectivity index (χ1v) is 9.25. The minimum atomic E-state index is -0.509. The number of hydrogen-bond donors (Lipinski definition) is 0. The van der Waals surface area contributed by atoms with Gasteiger partial charge in [-0.2, -0.15) is 0 Å². The quantitative estimate of drug-likeness (QED) is 0.289. The van der Waals surface area contributed by atoms with Crippen molar-refractivity contribution in [3.8, 4) is 0 Å². The number of pyridine rings is 1. The number of benzene rings is 2. The van der Waals surface area contributed by atoms with Crippen LogP contribution in [0.15, 0.2) is 69.9 Å². The molecule has 0 aliphatic carbocycles. The van der Waals surface area contributed by atoms with E-state index in [0.29, 0.717) is 16.8 Å². The second-order valence-electron chi connectivity index (χ2n) is 6.84. The third-order valence-electron chi connectivity index (χ3n) is 4.90. The van der Waals surface area contributed by atoms with Crippen molar-refractivity contribution in [3.63, 3.8) is 0 Å². The van der Waals surface area contributed by atoms with Gasteiger partial charge in [-0.05, 0) is 43.2 Å². The van der Waals surface area contributed by atoms with Gasteiger partial charge >= 0.3 is 11.6 Å². The lowest BCUT2D eigenvalue weighted by Gasteiger charge is -2.09. The lowest BCUT2D eigenvalue weighted by molar-refractivity contribution is -0.138. The zero-order valence-electron chi connectivity index (χ0n) is 16.1. The van der Waals surface area contributed by atoms with Crippen LogP contribution in [0.25, 0.3) is 27.9 Å². The fraction of sp³-hybridized carbons (Fsp3) is 0.125. The van der Waals surface area contributed by atoms with Crippen molar-refractivity contribution in [2.24, 2.45) is 0 Å². The number of esters is 1. The molecule has 0 N–H and O–H groups in total. The molecule has 2 aromatic heterocycles. The maximum absolute atomic E-state index is 12.2. The van der Waals surface area contributed by atoms with E-state index in [4.69, 9.17) is 9.15 Å². The van der Waals surface area contributed by atoms with E-state index >= 15 is 0 Å². The van der Waals surface area contributed by atoms with Gasteiger partial charge in [0.2, 0.25) is 0 Å². The van der Waals surface area contributed by atoms with Crippen LogP contribution in [0.4, 0.5) is 0 Å². The molecule has 29 heavy (non-hydrogen) atoms. The molecule has 0 amide bonds. The molecular weight excluding hydrogens is 366 g/mol. The molecular formula is C24H19NO4. The molecule has 2 heterocycles. The molecule has 0 fully saturated rings. The Morgan fingerprint density at radius 1 is 1.10 bits per heavy atom. The smallest absolute Gasteiger partial charge is 0.336 e. The SMILES string of the molecule is Cc1ccc2c(COC(=O)/C=C/c3ccc4ccccc4n3)cc(=O)oc2c1C. The number of hydrogen-bond acceptors (Lipinski definition) is 5. The van der Waals surface area contributed by atoms with Gasteiger partial charge in [-0.25, -0.2) is 14.6 Å². The monoisotopic (exact) mass is 385 g/mol. The molecule has 0 atom stereocenters. The summed E-state index contributed by atoms with van der Waals surface area (Å²) in [6.45, 7) is 3.84. The maximum atomic E-state index is 12.2. The molecule has 0 radical (unpaired) electrons. The zero-order valence-corrected chi connectivity index (χ0v) is 16.1. The number of para-hydroxylation sites is 1. The van der Waals surface area contributed by atoms with Crippen LogP contribution in [-0.2, 0) is 16.1 Å². The standard InChI is InChI=1S/C24H19NO4/c1-15-7-11-20-18(13-23(27)29-24(20)16(15)2)14-28-22(26)12-10-19-9-8-17-5-3-4-6-21(17)25-19/h3-13H,14H2,1-2H3/b12-10+. The van der Waals surface area contributed by atoms with E-state index in [1.54, 1.807) is 6.08 Å². The fourth-order valence-corrected chi connectivity index (χ4v) is 3.17. The Morgan fingerprint density at radius 2 is 1.93 bits per heavy atom. The highest BCUT2D eigenvalue weighted by Gasteiger charge is 2.11. The molecule has 0 spiro atoms. The Kier molecular flexibility index (Phi) is 4.96. The summed E-state index contributed by atoms with van der Waals surface area (Å²) < 4.78 is 10.7. The first kappa shape index (κ1) is 18.6. The summed E-state index contributed by atoms with van der Waals surface area (Å²) in [7, 11) is 0. The number of carbonyl (C=O) groups excluding carboxylic acids is 1. The van der Waals surface area contributed by atoms with E-state index in [1.807, 2.05) is 62.4 Å². The van der Waals surface area contributed by atoms with Crippen LogP contribution >= 0.6 is 0 Å². The second kappa shape index (κ2) is 7.72. The number of carbonyl (C=O) groups is 1. The van der Waals surface area contributed by atoms with E-state index in [9.17, 15) is 9.59 Å². The summed E-state index contributed by atoms with van der Waals surface area (Å²) in [6, 6.07) is 16.7. The number of fused-ring (bicyclic) bond motifs is 2. The summed E-state index contributed by atoms with van der Waals surface area (Å²) in [5, 5.41) is 1.80. The predicted molar refractivity (Wildman–Crippen MR) is 113 cm³/mol. The Balaban J connectivity index is 1.51. The van der Waals surface area contributed by atoms with Gasteiger partial charge in [-0.1, -0.05) is 36.4 Å². The van der Waals surface area contributed by atoms with Crippen molar-refractivity contribution in [3.05, 3.63) is 93.5 Å². The van der Waals surface area contributed by atoms with Gasteiger partial charge in [0.25, 0.3) is 0 Å². The largest absolute Gasteiger partial charge is 0.458 e. The van der Waals surface area contributed by atoms with Crippen molar-refractivity contribution >= 4 is 33.9 Å². The normalized spacial score (nSPS) is 11.4. The van der Waals surface area contributed by atoms with E-state index < -0.39 is 11.6 Å². The van der Waals surface area contributed by atoms with Crippen molar-refractivity contribution in [2.75, 3.05) is 0 Å². The summed E-state index contributed by atoms with van der Waals surface area (Å²) >= 11 is 0. The topological polar surface area (TPSA) is 69.4 Å². The van der Waals surface area contributed by atoms with Crippen molar-refractivity contribution in [1.82, 2.24) is 4.98 Å². The minimum Gasteiger partial charge on any atom is -0.458 e. The Hall–Kier alpha value is -3.73. The highest BCUT2D eigenvalue weighted by Crippen LogP contribution is 2.23. The number of aryl methyl sites for hydroxylation is 2. The molecule has 0 aliphatic heterocycles. The lowest BCUT2D eigenvalue weighted by atomic mass is 10.0. The molecule has 0 saturated carbocycles. The average molecular weight is 385 g/mol. The zero-order chi connectivity index (χ0) is 20.4. The summed E-state index contributed by atoms with van der Waals surface area (Å²) in [5.74, 6) is -0.509. The molecule has 0 bridgehead atoms. The summed E-state index contributed by atoms with van der Waals surface area (Å²) in [5.41, 5.74) is 4.13. The number of nitrogens with zero attached hydrogens (tertiary/aromatic N) is 1. The van der Waals surface area contributed by atoms with Crippen molar-refractivity contribution in [2.45, 2.75) is 20.5 Å². The highest BCUT2D eigenvalue weighted by molar-refractivity contribution is 5.88. The first-order chi connectivity index (χ1) is 14.0. The van der Waals surface area contributed by atoms with Crippen molar-refractivity contribution < 1.29 is 13.9 Å². The van der Waals surface area contributed by atoms with E-state index in [1.165, 1.54) is 12.1 Å². The van der Waals surface area contributed by atoms with E-state index in [-0.39, 0.29) is 6.61 Å². The van der Waals surface area contributed by atoms with Gasteiger partial charge in [0.15, 0.2) is 0 Å². The fourth-order valence-electron chi connectivity index (χ4n) is 3.17. The molecule has 144 valence electrons. The highest BCUT2D eigenvalue weighted by atomic mass is 16.5. The Bertz CT molecular complexity index is 1320. The van der Waals surface area contributed by atoms with Crippen LogP contribution in [0, 0.1) is 13.8 Å². The lowest BCUT2D eigenvalue weighted by Crippen LogP contribution is -2.06. The van der Waals surface area contributed by atoms with Crippen LogP contribution in [0.1, 0.15) is 22.4 Å². The molecule has 0 unspecified atom stereocenters. The van der Waals surface area contributed by atoms with Gasteiger partial charge in [-0.3, -0.25) is 0 Å². The number of rotatable bonds is 4. The molecule has 5 nitrogen and oxygen atoms in total. The summed E-state index contributed by atoms with van der Waals surface area (Å²) in [4.78, 5) is 28.5. The molecule has 4 aromatic rings. The van der Waals surface area contributed by atoms with Gasteiger partial charge < -0.3 is 9.15 Å². The van der Waals surface area contributed by atoms with Crippen molar-refractivity contribution in [1.29, 1.82) is 0 Å². The molecule has 2 aromatic carbocycles. The molecule has 0 saturated heterocycles. The molecule has 0 aliphatic rings. The summed E-state index contributed by atoms with van der Waals surface area (Å²) in [6.07, 6.45) is 2.94. The van der Waals surface area contributed by atoms with Gasteiger partial charge in [0.05, 0.1) is 11.2 Å². The maximum Gasteiger partial charge on any atom is 0.336 e. The van der Waals surface area contributed by atoms with Gasteiger partial charge in [0, 0.05) is 28.5 Å². The third-order valence-corrected chi connectivity index (χ3v) is 4.90.